The summed E-state index contributed by atoms with van der Waals surface area (Å²) in [6, 6.07) is 12.5. The summed E-state index contributed by atoms with van der Waals surface area (Å²) < 4.78 is 36.6. The molecular weight excluding hydrogens is 522 g/mol. The zero-order valence-corrected chi connectivity index (χ0v) is 21.3. The van der Waals surface area contributed by atoms with Crippen molar-refractivity contribution < 1.29 is 28.2 Å². The van der Waals surface area contributed by atoms with E-state index in [0.717, 1.165) is 23.1 Å². The van der Waals surface area contributed by atoms with E-state index in [1.807, 2.05) is 0 Å². The lowest BCUT2D eigenvalue weighted by molar-refractivity contribution is -0.139. The fourth-order valence-corrected chi connectivity index (χ4v) is 4.79. The van der Waals surface area contributed by atoms with Crippen molar-refractivity contribution in [2.45, 2.75) is 19.0 Å². The van der Waals surface area contributed by atoms with Gasteiger partial charge >= 0.3 is 5.97 Å². The van der Waals surface area contributed by atoms with Crippen LogP contribution in [0.15, 0.2) is 71.8 Å². The first-order valence-electron chi connectivity index (χ1n) is 12.7. The van der Waals surface area contributed by atoms with Gasteiger partial charge in [-0.05, 0) is 35.4 Å². The molecule has 9 nitrogen and oxygen atoms in total. The predicted octanol–water partition coefficient (Wildman–Crippen LogP) is 2.99. The molecule has 3 heterocycles. The summed E-state index contributed by atoms with van der Waals surface area (Å²) in [6.07, 6.45) is 3.11. The molecule has 1 saturated heterocycles. The average molecular weight is 549 g/mol. The third-order valence-corrected chi connectivity index (χ3v) is 6.80. The number of nitrogens with zero attached hydrogens (tertiary/aromatic N) is 3. The number of aliphatic carboxylic acids is 1. The monoisotopic (exact) mass is 548 g/mol. The number of carboxylic acid groups (broad SMARTS) is 1. The first-order chi connectivity index (χ1) is 19.3. The van der Waals surface area contributed by atoms with Crippen LogP contribution in [0.2, 0.25) is 0 Å². The summed E-state index contributed by atoms with van der Waals surface area (Å²) in [5.74, 6) is -4.69. The third-order valence-electron chi connectivity index (χ3n) is 6.80. The second kappa shape index (κ2) is 11.6. The number of hydrogen-bond donors (Lipinski definition) is 2. The largest absolute Gasteiger partial charge is 0.480 e. The Morgan fingerprint density at radius 1 is 1.02 bits per heavy atom. The first-order valence-corrected chi connectivity index (χ1v) is 12.7. The Balaban J connectivity index is 1.33. The van der Waals surface area contributed by atoms with Gasteiger partial charge < -0.3 is 24.6 Å². The third kappa shape index (κ3) is 5.84. The molecule has 0 aliphatic carbocycles. The van der Waals surface area contributed by atoms with Gasteiger partial charge in [-0.15, -0.1) is 0 Å². The van der Waals surface area contributed by atoms with Gasteiger partial charge in [0.1, 0.15) is 23.2 Å². The number of ether oxygens (including phenoxy) is 1. The molecule has 1 fully saturated rings. The van der Waals surface area contributed by atoms with Gasteiger partial charge in [-0.2, -0.15) is 0 Å². The van der Waals surface area contributed by atoms with Crippen LogP contribution in [-0.4, -0.2) is 58.9 Å². The Kier molecular flexibility index (Phi) is 7.83. The van der Waals surface area contributed by atoms with E-state index in [2.05, 4.69) is 10.3 Å². The molecular formula is C29H26F2N4O5. The molecule has 0 bridgehead atoms. The smallest absolute Gasteiger partial charge is 0.326 e. The van der Waals surface area contributed by atoms with E-state index >= 15 is 0 Å². The molecule has 1 atom stereocenters. The minimum atomic E-state index is -1.45. The molecule has 1 aliphatic rings. The maximum absolute atomic E-state index is 14.9. The van der Waals surface area contributed by atoms with Gasteiger partial charge in [-0.25, -0.2) is 13.6 Å². The number of amides is 1. The van der Waals surface area contributed by atoms with Gasteiger partial charge in [-0.1, -0.05) is 24.3 Å². The quantitative estimate of drug-likeness (QED) is 0.348. The van der Waals surface area contributed by atoms with Crippen molar-refractivity contribution in [1.29, 1.82) is 0 Å². The van der Waals surface area contributed by atoms with Gasteiger partial charge in [0.2, 0.25) is 0 Å². The van der Waals surface area contributed by atoms with Gasteiger partial charge in [0.05, 0.1) is 25.3 Å². The number of carboxylic acids is 1. The number of nitrogens with one attached hydrogen (secondary N) is 1. The maximum Gasteiger partial charge on any atom is 0.326 e. The number of pyridine rings is 2. The van der Waals surface area contributed by atoms with Crippen LogP contribution in [0.25, 0.3) is 10.9 Å². The van der Waals surface area contributed by atoms with Crippen molar-refractivity contribution in [3.05, 3.63) is 106 Å². The van der Waals surface area contributed by atoms with Crippen LogP contribution in [0, 0.1) is 11.6 Å². The molecule has 206 valence electrons. The van der Waals surface area contributed by atoms with E-state index in [1.54, 1.807) is 58.3 Å². The first kappa shape index (κ1) is 26.9. The normalized spacial score (nSPS) is 14.2. The SMILES string of the molecule is O=C(NC(Cc1cccc(Cn2c(=O)ccc3cnccc32)c1)C(=O)O)c1c(F)cc(N2CCOCC2)cc1F. The number of benzene rings is 2. The summed E-state index contributed by atoms with van der Waals surface area (Å²) in [6.45, 7) is 1.98. The average Bonchev–Trinajstić information content (AvgIpc) is 2.94. The Bertz CT molecular complexity index is 1610. The highest BCUT2D eigenvalue weighted by molar-refractivity contribution is 5.97. The lowest BCUT2D eigenvalue weighted by Crippen LogP contribution is -2.43. The number of halogens is 2. The number of fused-ring (bicyclic) bond motifs is 1. The van der Waals surface area contributed by atoms with E-state index in [4.69, 9.17) is 4.74 Å². The molecule has 2 N–H and O–H groups in total. The Labute approximate surface area is 227 Å². The van der Waals surface area contributed by atoms with Crippen LogP contribution >= 0.6 is 0 Å². The molecule has 1 aliphatic heterocycles. The van der Waals surface area contributed by atoms with Crippen LogP contribution in [0.4, 0.5) is 14.5 Å². The summed E-state index contributed by atoms with van der Waals surface area (Å²) >= 11 is 0. The van der Waals surface area contributed by atoms with Crippen molar-refractivity contribution in [3.8, 4) is 0 Å². The van der Waals surface area contributed by atoms with Gasteiger partial charge in [0.15, 0.2) is 0 Å². The summed E-state index contributed by atoms with van der Waals surface area (Å²) in [4.78, 5) is 43.2. The van der Waals surface area contributed by atoms with Crippen LogP contribution in [0.1, 0.15) is 21.5 Å². The van der Waals surface area contributed by atoms with E-state index in [1.165, 1.54) is 6.07 Å². The van der Waals surface area contributed by atoms with Crippen molar-refractivity contribution in [1.82, 2.24) is 14.9 Å². The minimum Gasteiger partial charge on any atom is -0.480 e. The van der Waals surface area contributed by atoms with Crippen molar-refractivity contribution in [2.24, 2.45) is 0 Å². The van der Waals surface area contributed by atoms with E-state index in [-0.39, 0.29) is 24.2 Å². The van der Waals surface area contributed by atoms with Crippen LogP contribution in [-0.2, 0) is 22.5 Å². The van der Waals surface area contributed by atoms with Gasteiger partial charge in [0, 0.05) is 49.0 Å². The predicted molar refractivity (Wildman–Crippen MR) is 144 cm³/mol. The molecule has 4 aromatic rings. The molecule has 11 heteroatoms. The Hall–Kier alpha value is -4.64. The van der Waals surface area contributed by atoms with Gasteiger partial charge in [0.25, 0.3) is 11.5 Å². The second-order valence-corrected chi connectivity index (χ2v) is 9.46. The summed E-state index contributed by atoms with van der Waals surface area (Å²) in [7, 11) is 0. The number of carbonyl (C=O) groups is 2. The minimum absolute atomic E-state index is 0.141. The highest BCUT2D eigenvalue weighted by atomic mass is 19.1. The van der Waals surface area contributed by atoms with E-state index in [0.29, 0.717) is 37.4 Å². The molecule has 0 radical (unpaired) electrons. The number of aromatic nitrogens is 2. The maximum atomic E-state index is 14.9. The van der Waals surface area contributed by atoms with E-state index in [9.17, 15) is 28.3 Å². The van der Waals surface area contributed by atoms with Crippen LogP contribution in [0.5, 0.6) is 0 Å². The number of rotatable bonds is 8. The molecule has 5 rings (SSSR count). The van der Waals surface area contributed by atoms with Crippen LogP contribution < -0.4 is 15.8 Å². The highest BCUT2D eigenvalue weighted by Gasteiger charge is 2.26. The molecule has 2 aromatic heterocycles. The fraction of sp³-hybridized carbons (Fsp3) is 0.241. The molecule has 1 unspecified atom stereocenters. The zero-order chi connectivity index (χ0) is 28.2. The fourth-order valence-electron chi connectivity index (χ4n) is 4.79. The Morgan fingerprint density at radius 2 is 1.75 bits per heavy atom. The second-order valence-electron chi connectivity index (χ2n) is 9.46. The molecule has 2 aromatic carbocycles. The number of anilines is 1. The number of carbonyl (C=O) groups excluding carboxylic acids is 1. The van der Waals surface area contributed by atoms with Crippen molar-refractivity contribution >= 4 is 28.5 Å². The van der Waals surface area contributed by atoms with E-state index < -0.39 is 35.1 Å². The molecule has 1 amide bonds. The molecule has 0 spiro atoms. The van der Waals surface area contributed by atoms with Crippen molar-refractivity contribution in [3.63, 3.8) is 0 Å². The van der Waals surface area contributed by atoms with Crippen LogP contribution in [0.3, 0.4) is 0 Å². The lowest BCUT2D eigenvalue weighted by atomic mass is 10.0. The summed E-state index contributed by atoms with van der Waals surface area (Å²) in [5.41, 5.74) is 1.22. The topological polar surface area (TPSA) is 114 Å². The van der Waals surface area contributed by atoms with Crippen molar-refractivity contribution in [2.75, 3.05) is 31.2 Å². The molecule has 0 saturated carbocycles. The van der Waals surface area contributed by atoms with Gasteiger partial charge in [-0.3, -0.25) is 14.6 Å². The number of morpholine rings is 1. The standard InChI is InChI=1S/C29H26F2N4O5/c30-22-14-21(34-8-10-40-11-9-34)15-23(31)27(22)28(37)33-24(29(38)39)13-18-2-1-3-19(12-18)17-35-25-6-7-32-16-20(25)4-5-26(35)36/h1-7,12,14-16,24H,8-11,13,17H2,(H,33,37)(H,38,39). The zero-order valence-electron chi connectivity index (χ0n) is 21.3. The number of hydrogen-bond acceptors (Lipinski definition) is 6. The summed E-state index contributed by atoms with van der Waals surface area (Å²) in [5, 5.41) is 12.8. The lowest BCUT2D eigenvalue weighted by Gasteiger charge is -2.29. The molecule has 40 heavy (non-hydrogen) atoms. The Morgan fingerprint density at radius 3 is 2.48 bits per heavy atom. The highest BCUT2D eigenvalue weighted by Crippen LogP contribution is 2.23.